The molecule has 4 heteroatoms. The molecule has 1 aromatic heterocycles. The van der Waals surface area contributed by atoms with Gasteiger partial charge >= 0.3 is 0 Å². The van der Waals surface area contributed by atoms with E-state index in [1.807, 2.05) is 31.2 Å². The number of fused-ring (bicyclic) bond motifs is 1. The minimum atomic E-state index is -0.0498. The summed E-state index contributed by atoms with van der Waals surface area (Å²) in [6.07, 6.45) is 4.59. The van der Waals surface area contributed by atoms with Crippen LogP contribution in [0.1, 0.15) is 48.7 Å². The number of hydrogen-bond donors (Lipinski definition) is 1. The maximum absolute atomic E-state index is 12.3. The number of amides is 1. The number of aromatic nitrogens is 1. The van der Waals surface area contributed by atoms with Crippen LogP contribution in [0.2, 0.25) is 0 Å². The summed E-state index contributed by atoms with van der Waals surface area (Å²) in [5.41, 5.74) is 2.26. The average molecular weight is 300 g/mol. The highest BCUT2D eigenvalue weighted by atomic mass is 16.5. The summed E-state index contributed by atoms with van der Waals surface area (Å²) < 4.78 is 5.23. The fourth-order valence-electron chi connectivity index (χ4n) is 2.46. The minimum absolute atomic E-state index is 0.0498. The number of rotatable bonds is 7. The van der Waals surface area contributed by atoms with Crippen LogP contribution in [0.3, 0.4) is 0 Å². The van der Waals surface area contributed by atoms with Gasteiger partial charge in [-0.05, 0) is 37.6 Å². The number of hydrogen-bond acceptors (Lipinski definition) is 3. The predicted octanol–water partition coefficient (Wildman–Crippen LogP) is 3.86. The highest BCUT2D eigenvalue weighted by Crippen LogP contribution is 2.21. The summed E-state index contributed by atoms with van der Waals surface area (Å²) in [7, 11) is 1.63. The zero-order valence-corrected chi connectivity index (χ0v) is 13.6. The lowest BCUT2D eigenvalue weighted by molar-refractivity contribution is 0.0952. The van der Waals surface area contributed by atoms with Crippen molar-refractivity contribution < 1.29 is 9.53 Å². The summed E-state index contributed by atoms with van der Waals surface area (Å²) >= 11 is 0. The van der Waals surface area contributed by atoms with E-state index in [0.29, 0.717) is 12.1 Å². The molecule has 0 atom stereocenters. The zero-order chi connectivity index (χ0) is 15.9. The van der Waals surface area contributed by atoms with E-state index in [1.54, 1.807) is 7.11 Å². The molecular formula is C18H24N2O2. The van der Waals surface area contributed by atoms with E-state index >= 15 is 0 Å². The second-order valence-electron chi connectivity index (χ2n) is 5.50. The highest BCUT2D eigenvalue weighted by molar-refractivity contribution is 5.98. The maximum Gasteiger partial charge on any atom is 0.253 e. The number of ether oxygens (including phenoxy) is 1. The molecule has 2 aromatic rings. The Bertz CT molecular complexity index is 653. The number of nitrogens with one attached hydrogen (secondary N) is 1. The van der Waals surface area contributed by atoms with Crippen LogP contribution in [0.5, 0.6) is 5.75 Å². The van der Waals surface area contributed by atoms with Crippen molar-refractivity contribution in [1.29, 1.82) is 0 Å². The van der Waals surface area contributed by atoms with Gasteiger partial charge < -0.3 is 10.1 Å². The van der Waals surface area contributed by atoms with Crippen molar-refractivity contribution in [2.75, 3.05) is 13.7 Å². The summed E-state index contributed by atoms with van der Waals surface area (Å²) in [4.78, 5) is 16.8. The van der Waals surface area contributed by atoms with E-state index in [1.165, 1.54) is 12.8 Å². The van der Waals surface area contributed by atoms with E-state index in [0.717, 1.165) is 35.2 Å². The Balaban J connectivity index is 2.12. The number of aryl methyl sites for hydroxylation is 1. The summed E-state index contributed by atoms with van der Waals surface area (Å²) in [6.45, 7) is 4.76. The number of methoxy groups -OCH3 is 1. The van der Waals surface area contributed by atoms with E-state index in [2.05, 4.69) is 17.2 Å². The molecule has 2 rings (SSSR count). The van der Waals surface area contributed by atoms with Gasteiger partial charge in [-0.25, -0.2) is 0 Å². The van der Waals surface area contributed by atoms with Crippen molar-refractivity contribution >= 4 is 16.8 Å². The number of nitrogens with zero attached hydrogens (tertiary/aromatic N) is 1. The molecule has 1 heterocycles. The second kappa shape index (κ2) is 7.78. The van der Waals surface area contributed by atoms with Gasteiger partial charge in [-0.2, -0.15) is 0 Å². The third kappa shape index (κ3) is 3.97. The minimum Gasteiger partial charge on any atom is -0.497 e. The number of carbonyl (C=O) groups excluding carboxylic acids is 1. The fraction of sp³-hybridized carbons (Fsp3) is 0.444. The van der Waals surface area contributed by atoms with E-state index in [-0.39, 0.29) is 5.91 Å². The van der Waals surface area contributed by atoms with Gasteiger partial charge in [0.2, 0.25) is 0 Å². The van der Waals surface area contributed by atoms with Gasteiger partial charge in [0.1, 0.15) is 5.75 Å². The Hall–Kier alpha value is -2.10. The van der Waals surface area contributed by atoms with E-state index < -0.39 is 0 Å². The van der Waals surface area contributed by atoms with Crippen LogP contribution in [-0.2, 0) is 0 Å². The molecule has 0 saturated carbocycles. The Morgan fingerprint density at radius 2 is 2.05 bits per heavy atom. The van der Waals surface area contributed by atoms with Crippen LogP contribution in [0.25, 0.3) is 10.9 Å². The molecule has 0 bridgehead atoms. The standard InChI is InChI=1S/C18H24N2O2/c1-4-5-6-7-10-19-18(21)16-12-14-11-15(22-3)8-9-17(14)20-13(16)2/h8-9,11-12H,4-7,10H2,1-3H3,(H,19,21). The molecule has 1 N–H and O–H groups in total. The smallest absolute Gasteiger partial charge is 0.253 e. The predicted molar refractivity (Wildman–Crippen MR) is 89.5 cm³/mol. The first-order valence-electron chi connectivity index (χ1n) is 7.89. The molecule has 0 saturated heterocycles. The van der Waals surface area contributed by atoms with E-state index in [9.17, 15) is 4.79 Å². The molecule has 22 heavy (non-hydrogen) atoms. The maximum atomic E-state index is 12.3. The molecule has 0 aliphatic heterocycles. The summed E-state index contributed by atoms with van der Waals surface area (Å²) in [5.74, 6) is 0.718. The van der Waals surface area contributed by atoms with Gasteiger partial charge in [-0.3, -0.25) is 9.78 Å². The first-order chi connectivity index (χ1) is 10.7. The first kappa shape index (κ1) is 16.3. The monoisotopic (exact) mass is 300 g/mol. The van der Waals surface area contributed by atoms with Gasteiger partial charge in [0.15, 0.2) is 0 Å². The Morgan fingerprint density at radius 3 is 2.77 bits per heavy atom. The number of benzene rings is 1. The molecule has 0 unspecified atom stereocenters. The van der Waals surface area contributed by atoms with Crippen LogP contribution in [0, 0.1) is 6.92 Å². The normalized spacial score (nSPS) is 10.7. The molecule has 0 radical (unpaired) electrons. The Labute approximate surface area is 131 Å². The average Bonchev–Trinajstić information content (AvgIpc) is 2.53. The van der Waals surface area contributed by atoms with Crippen molar-refractivity contribution in [3.63, 3.8) is 0 Å². The lowest BCUT2D eigenvalue weighted by atomic mass is 10.1. The molecule has 0 aliphatic rings. The number of carbonyl (C=O) groups is 1. The van der Waals surface area contributed by atoms with Gasteiger partial charge in [-0.15, -0.1) is 0 Å². The molecule has 0 spiro atoms. The van der Waals surface area contributed by atoms with Crippen LogP contribution < -0.4 is 10.1 Å². The van der Waals surface area contributed by atoms with Crippen LogP contribution in [-0.4, -0.2) is 24.5 Å². The summed E-state index contributed by atoms with van der Waals surface area (Å²) in [5, 5.41) is 3.90. The third-order valence-corrected chi connectivity index (χ3v) is 3.77. The molecular weight excluding hydrogens is 276 g/mol. The number of unbranched alkanes of at least 4 members (excludes halogenated alkanes) is 3. The van der Waals surface area contributed by atoms with Crippen molar-refractivity contribution in [3.05, 3.63) is 35.5 Å². The van der Waals surface area contributed by atoms with Crippen LogP contribution in [0.4, 0.5) is 0 Å². The van der Waals surface area contributed by atoms with E-state index in [4.69, 9.17) is 4.74 Å². The Morgan fingerprint density at radius 1 is 1.23 bits per heavy atom. The third-order valence-electron chi connectivity index (χ3n) is 3.77. The lowest BCUT2D eigenvalue weighted by Crippen LogP contribution is -2.25. The van der Waals surface area contributed by atoms with Crippen LogP contribution in [0.15, 0.2) is 24.3 Å². The van der Waals surface area contributed by atoms with Gasteiger partial charge in [-0.1, -0.05) is 26.2 Å². The molecule has 1 amide bonds. The zero-order valence-electron chi connectivity index (χ0n) is 13.6. The molecule has 118 valence electrons. The largest absolute Gasteiger partial charge is 0.497 e. The van der Waals surface area contributed by atoms with Gasteiger partial charge in [0.05, 0.1) is 23.9 Å². The Kier molecular flexibility index (Phi) is 5.75. The van der Waals surface area contributed by atoms with Gasteiger partial charge in [0, 0.05) is 11.9 Å². The fourth-order valence-corrected chi connectivity index (χ4v) is 2.46. The highest BCUT2D eigenvalue weighted by Gasteiger charge is 2.11. The molecule has 1 aromatic carbocycles. The van der Waals surface area contributed by atoms with Crippen LogP contribution >= 0.6 is 0 Å². The lowest BCUT2D eigenvalue weighted by Gasteiger charge is -2.09. The molecule has 4 nitrogen and oxygen atoms in total. The summed E-state index contributed by atoms with van der Waals surface area (Å²) in [6, 6.07) is 7.58. The number of pyridine rings is 1. The second-order valence-corrected chi connectivity index (χ2v) is 5.50. The first-order valence-corrected chi connectivity index (χ1v) is 7.89. The SMILES string of the molecule is CCCCCCNC(=O)c1cc2cc(OC)ccc2nc1C. The van der Waals surface area contributed by atoms with Crippen molar-refractivity contribution in [3.8, 4) is 5.75 Å². The van der Waals surface area contributed by atoms with Crippen molar-refractivity contribution in [2.24, 2.45) is 0 Å². The topological polar surface area (TPSA) is 51.2 Å². The quantitative estimate of drug-likeness (QED) is 0.790. The van der Waals surface area contributed by atoms with Crippen molar-refractivity contribution in [1.82, 2.24) is 10.3 Å². The molecule has 0 fully saturated rings. The molecule has 0 aliphatic carbocycles. The van der Waals surface area contributed by atoms with Crippen molar-refractivity contribution in [2.45, 2.75) is 39.5 Å². The van der Waals surface area contributed by atoms with Gasteiger partial charge in [0.25, 0.3) is 5.91 Å².